The number of hydrogen-bond acceptors (Lipinski definition) is 4. The lowest BCUT2D eigenvalue weighted by Crippen LogP contribution is -2.23. The van der Waals surface area contributed by atoms with Crippen LogP contribution >= 0.6 is 0 Å². The SMILES string of the molecule is CN(C)C(=O)c1ncc(N)cc1OC1CC1. The van der Waals surface area contributed by atoms with Crippen molar-refractivity contribution < 1.29 is 9.53 Å². The van der Waals surface area contributed by atoms with Crippen molar-refractivity contribution in [2.75, 3.05) is 19.8 Å². The van der Waals surface area contributed by atoms with E-state index in [0.29, 0.717) is 17.1 Å². The first-order valence-corrected chi connectivity index (χ1v) is 5.21. The molecule has 1 amide bonds. The Bertz CT molecular complexity index is 414. The van der Waals surface area contributed by atoms with Crippen LogP contribution in [-0.4, -0.2) is 36.0 Å². The largest absolute Gasteiger partial charge is 0.488 e. The molecule has 1 aromatic rings. The molecule has 0 aromatic carbocycles. The zero-order valence-corrected chi connectivity index (χ0v) is 9.43. The van der Waals surface area contributed by atoms with E-state index in [4.69, 9.17) is 10.5 Å². The molecular weight excluding hydrogens is 206 g/mol. The van der Waals surface area contributed by atoms with E-state index in [-0.39, 0.29) is 12.0 Å². The number of carbonyl (C=O) groups excluding carboxylic acids is 1. The van der Waals surface area contributed by atoms with E-state index in [0.717, 1.165) is 12.8 Å². The van der Waals surface area contributed by atoms with E-state index < -0.39 is 0 Å². The Morgan fingerprint density at radius 1 is 1.56 bits per heavy atom. The van der Waals surface area contributed by atoms with Crippen LogP contribution in [0.15, 0.2) is 12.3 Å². The number of nitrogens with two attached hydrogens (primary N) is 1. The minimum atomic E-state index is -0.171. The van der Waals surface area contributed by atoms with Crippen LogP contribution in [0.5, 0.6) is 5.75 Å². The summed E-state index contributed by atoms with van der Waals surface area (Å²) < 4.78 is 5.62. The van der Waals surface area contributed by atoms with Crippen LogP contribution < -0.4 is 10.5 Å². The highest BCUT2D eigenvalue weighted by Crippen LogP contribution is 2.29. The van der Waals surface area contributed by atoms with Crippen LogP contribution in [0, 0.1) is 0 Å². The lowest BCUT2D eigenvalue weighted by Gasteiger charge is -2.13. The monoisotopic (exact) mass is 221 g/mol. The first-order chi connectivity index (χ1) is 7.58. The molecule has 5 heteroatoms. The molecule has 0 spiro atoms. The molecule has 1 aliphatic rings. The molecule has 0 atom stereocenters. The molecule has 1 aromatic heterocycles. The summed E-state index contributed by atoms with van der Waals surface area (Å²) in [5.41, 5.74) is 6.46. The Balaban J connectivity index is 2.30. The highest BCUT2D eigenvalue weighted by molar-refractivity contribution is 5.94. The molecule has 0 bridgehead atoms. The minimum absolute atomic E-state index is 0.171. The van der Waals surface area contributed by atoms with Crippen LogP contribution in [0.1, 0.15) is 23.3 Å². The average molecular weight is 221 g/mol. The molecule has 2 rings (SSSR count). The van der Waals surface area contributed by atoms with E-state index >= 15 is 0 Å². The van der Waals surface area contributed by atoms with Gasteiger partial charge in [-0.2, -0.15) is 0 Å². The standard InChI is InChI=1S/C11H15N3O2/c1-14(2)11(15)10-9(16-8-3-4-8)5-7(12)6-13-10/h5-6,8H,3-4,12H2,1-2H3. The topological polar surface area (TPSA) is 68.5 Å². The third-order valence-corrected chi connectivity index (χ3v) is 2.30. The summed E-state index contributed by atoms with van der Waals surface area (Å²) in [5, 5.41) is 0. The highest BCUT2D eigenvalue weighted by atomic mass is 16.5. The molecule has 86 valence electrons. The van der Waals surface area contributed by atoms with Crippen molar-refractivity contribution in [1.29, 1.82) is 0 Å². The predicted molar refractivity (Wildman–Crippen MR) is 60.3 cm³/mol. The molecule has 1 aliphatic carbocycles. The van der Waals surface area contributed by atoms with Crippen LogP contribution in [0.3, 0.4) is 0 Å². The van der Waals surface area contributed by atoms with Gasteiger partial charge in [0.25, 0.3) is 5.91 Å². The molecule has 2 N–H and O–H groups in total. The van der Waals surface area contributed by atoms with Crippen molar-refractivity contribution >= 4 is 11.6 Å². The molecule has 0 saturated heterocycles. The fraction of sp³-hybridized carbons (Fsp3) is 0.455. The first-order valence-electron chi connectivity index (χ1n) is 5.21. The number of hydrogen-bond donors (Lipinski definition) is 1. The molecule has 0 unspecified atom stereocenters. The maximum atomic E-state index is 11.8. The van der Waals surface area contributed by atoms with Crippen LogP contribution in [0.25, 0.3) is 0 Å². The van der Waals surface area contributed by atoms with Gasteiger partial charge in [-0.3, -0.25) is 4.79 Å². The lowest BCUT2D eigenvalue weighted by molar-refractivity contribution is 0.0817. The van der Waals surface area contributed by atoms with Gasteiger partial charge in [-0.15, -0.1) is 0 Å². The van der Waals surface area contributed by atoms with Crippen molar-refractivity contribution in [2.24, 2.45) is 0 Å². The van der Waals surface area contributed by atoms with E-state index in [1.807, 2.05) is 0 Å². The predicted octanol–water partition coefficient (Wildman–Crippen LogP) is 0.907. The molecule has 0 radical (unpaired) electrons. The zero-order chi connectivity index (χ0) is 11.7. The van der Waals surface area contributed by atoms with Gasteiger partial charge in [0.15, 0.2) is 11.4 Å². The summed E-state index contributed by atoms with van der Waals surface area (Å²) in [7, 11) is 3.36. The zero-order valence-electron chi connectivity index (χ0n) is 9.43. The molecule has 0 aliphatic heterocycles. The van der Waals surface area contributed by atoms with Gasteiger partial charge in [-0.25, -0.2) is 4.98 Å². The number of amides is 1. The maximum Gasteiger partial charge on any atom is 0.275 e. The fourth-order valence-electron chi connectivity index (χ4n) is 1.29. The van der Waals surface area contributed by atoms with Crippen molar-refractivity contribution in [3.63, 3.8) is 0 Å². The molecular formula is C11H15N3O2. The summed E-state index contributed by atoms with van der Waals surface area (Å²) in [4.78, 5) is 17.3. The third kappa shape index (κ3) is 2.24. The first kappa shape index (κ1) is 10.7. The summed E-state index contributed by atoms with van der Waals surface area (Å²) in [6, 6.07) is 1.65. The second-order valence-corrected chi connectivity index (χ2v) is 4.13. The summed E-state index contributed by atoms with van der Waals surface area (Å²) in [6.45, 7) is 0. The van der Waals surface area contributed by atoms with E-state index in [2.05, 4.69) is 4.98 Å². The molecule has 1 fully saturated rings. The van der Waals surface area contributed by atoms with Gasteiger partial charge in [-0.05, 0) is 12.8 Å². The number of nitrogens with zero attached hydrogens (tertiary/aromatic N) is 2. The van der Waals surface area contributed by atoms with Gasteiger partial charge in [0.05, 0.1) is 18.0 Å². The smallest absolute Gasteiger partial charge is 0.275 e. The van der Waals surface area contributed by atoms with Crippen molar-refractivity contribution in [3.05, 3.63) is 18.0 Å². The molecule has 1 heterocycles. The van der Waals surface area contributed by atoms with Crippen molar-refractivity contribution in [1.82, 2.24) is 9.88 Å². The second kappa shape index (κ2) is 4.00. The van der Waals surface area contributed by atoms with Gasteiger partial charge in [0.2, 0.25) is 0 Å². The van der Waals surface area contributed by atoms with Crippen LogP contribution in [0.2, 0.25) is 0 Å². The Morgan fingerprint density at radius 2 is 2.25 bits per heavy atom. The van der Waals surface area contributed by atoms with E-state index in [1.54, 1.807) is 20.2 Å². The lowest BCUT2D eigenvalue weighted by atomic mass is 10.3. The van der Waals surface area contributed by atoms with Crippen LogP contribution in [-0.2, 0) is 0 Å². The summed E-state index contributed by atoms with van der Waals surface area (Å²) >= 11 is 0. The third-order valence-electron chi connectivity index (χ3n) is 2.30. The Labute approximate surface area is 94.2 Å². The number of ether oxygens (including phenoxy) is 1. The van der Waals surface area contributed by atoms with E-state index in [9.17, 15) is 4.79 Å². The Kier molecular flexibility index (Phi) is 2.68. The van der Waals surface area contributed by atoms with Crippen molar-refractivity contribution in [3.8, 4) is 5.75 Å². The number of nitrogen functional groups attached to an aromatic ring is 1. The quantitative estimate of drug-likeness (QED) is 0.823. The minimum Gasteiger partial charge on any atom is -0.488 e. The second-order valence-electron chi connectivity index (χ2n) is 4.13. The van der Waals surface area contributed by atoms with Crippen molar-refractivity contribution in [2.45, 2.75) is 18.9 Å². The maximum absolute atomic E-state index is 11.8. The molecule has 5 nitrogen and oxygen atoms in total. The van der Waals surface area contributed by atoms with E-state index in [1.165, 1.54) is 11.1 Å². The fourth-order valence-corrected chi connectivity index (χ4v) is 1.29. The number of pyridine rings is 1. The number of rotatable bonds is 3. The molecule has 1 saturated carbocycles. The van der Waals surface area contributed by atoms with Gasteiger partial charge in [0.1, 0.15) is 0 Å². The van der Waals surface area contributed by atoms with Crippen LogP contribution in [0.4, 0.5) is 5.69 Å². The number of carbonyl (C=O) groups is 1. The summed E-state index contributed by atoms with van der Waals surface area (Å²) in [5.74, 6) is 0.317. The summed E-state index contributed by atoms with van der Waals surface area (Å²) in [6.07, 6.45) is 3.75. The average Bonchev–Trinajstić information content (AvgIpc) is 3.01. The highest BCUT2D eigenvalue weighted by Gasteiger charge is 2.26. The Hall–Kier alpha value is -1.78. The van der Waals surface area contributed by atoms with Gasteiger partial charge in [0, 0.05) is 20.2 Å². The Morgan fingerprint density at radius 3 is 2.81 bits per heavy atom. The normalized spacial score (nSPS) is 14.6. The van der Waals surface area contributed by atoms with Gasteiger partial charge < -0.3 is 15.4 Å². The van der Waals surface area contributed by atoms with Gasteiger partial charge in [-0.1, -0.05) is 0 Å². The molecule has 16 heavy (non-hydrogen) atoms. The van der Waals surface area contributed by atoms with Gasteiger partial charge >= 0.3 is 0 Å². The number of aromatic nitrogens is 1. The number of anilines is 1.